The summed E-state index contributed by atoms with van der Waals surface area (Å²) in [6, 6.07) is 8.94. The van der Waals surface area contributed by atoms with E-state index in [2.05, 4.69) is 9.97 Å². The minimum absolute atomic E-state index is 0.617. The molecule has 1 unspecified atom stereocenters. The van der Waals surface area contributed by atoms with Crippen LogP contribution in [0.15, 0.2) is 47.1 Å². The second-order valence-corrected chi connectivity index (χ2v) is 7.03. The van der Waals surface area contributed by atoms with Gasteiger partial charge < -0.3 is 5.11 Å². The SMILES string of the molecule is O=C(O)C(Sc1nc2cc(Cl)ccc2s1)c1cccnc1. The van der Waals surface area contributed by atoms with Gasteiger partial charge in [0, 0.05) is 17.4 Å². The Kier molecular flexibility index (Phi) is 4.10. The molecule has 1 aromatic carbocycles. The number of aliphatic carboxylic acids is 1. The first kappa shape index (κ1) is 14.3. The van der Waals surface area contributed by atoms with E-state index in [0.29, 0.717) is 14.9 Å². The van der Waals surface area contributed by atoms with Crippen LogP contribution in [0.5, 0.6) is 0 Å². The largest absolute Gasteiger partial charge is 0.480 e. The van der Waals surface area contributed by atoms with E-state index in [-0.39, 0.29) is 0 Å². The number of carboxylic acid groups (broad SMARTS) is 1. The molecular formula is C14H9ClN2O2S2. The van der Waals surface area contributed by atoms with Gasteiger partial charge in [0.1, 0.15) is 5.25 Å². The monoisotopic (exact) mass is 336 g/mol. The Morgan fingerprint density at radius 1 is 1.38 bits per heavy atom. The standard InChI is InChI=1S/C14H9ClN2O2S2/c15-9-3-4-11-10(6-9)17-14(20-11)21-12(13(18)19)8-2-1-5-16-7-8/h1-7,12H,(H,18,19). The zero-order chi connectivity index (χ0) is 14.8. The zero-order valence-electron chi connectivity index (χ0n) is 10.6. The molecule has 21 heavy (non-hydrogen) atoms. The summed E-state index contributed by atoms with van der Waals surface area (Å²) in [6.45, 7) is 0. The zero-order valence-corrected chi connectivity index (χ0v) is 13.0. The van der Waals surface area contributed by atoms with Gasteiger partial charge in [-0.3, -0.25) is 9.78 Å². The van der Waals surface area contributed by atoms with Gasteiger partial charge >= 0.3 is 5.97 Å². The van der Waals surface area contributed by atoms with Gasteiger partial charge in [0.15, 0.2) is 4.34 Å². The molecule has 0 bridgehead atoms. The number of thiazole rings is 1. The van der Waals surface area contributed by atoms with Crippen LogP contribution in [0, 0.1) is 0 Å². The molecular weight excluding hydrogens is 328 g/mol. The quantitative estimate of drug-likeness (QED) is 0.721. The first-order chi connectivity index (χ1) is 10.1. The molecule has 0 aliphatic heterocycles. The van der Waals surface area contributed by atoms with Crippen LogP contribution < -0.4 is 0 Å². The van der Waals surface area contributed by atoms with Gasteiger partial charge in [-0.2, -0.15) is 0 Å². The summed E-state index contributed by atoms with van der Waals surface area (Å²) in [7, 11) is 0. The lowest BCUT2D eigenvalue weighted by atomic mass is 10.2. The highest BCUT2D eigenvalue weighted by molar-refractivity contribution is 8.02. The van der Waals surface area contributed by atoms with Crippen LogP contribution in [-0.4, -0.2) is 21.0 Å². The molecule has 4 nitrogen and oxygen atoms in total. The number of rotatable bonds is 4. The van der Waals surface area contributed by atoms with E-state index in [1.54, 1.807) is 36.7 Å². The van der Waals surface area contributed by atoms with E-state index in [1.165, 1.54) is 23.1 Å². The summed E-state index contributed by atoms with van der Waals surface area (Å²) in [4.78, 5) is 19.9. The average molecular weight is 337 g/mol. The lowest BCUT2D eigenvalue weighted by Crippen LogP contribution is -2.07. The molecule has 0 aliphatic rings. The molecule has 1 atom stereocenters. The third kappa shape index (κ3) is 3.18. The Bertz CT molecular complexity index is 792. The highest BCUT2D eigenvalue weighted by Crippen LogP contribution is 2.39. The second-order valence-electron chi connectivity index (χ2n) is 4.21. The number of fused-ring (bicyclic) bond motifs is 1. The molecule has 0 saturated carbocycles. The molecule has 1 N–H and O–H groups in total. The Hall–Kier alpha value is -1.63. The number of carbonyl (C=O) groups is 1. The van der Waals surface area contributed by atoms with Crippen molar-refractivity contribution in [1.29, 1.82) is 0 Å². The average Bonchev–Trinajstić information content (AvgIpc) is 2.87. The van der Waals surface area contributed by atoms with Crippen LogP contribution in [0.3, 0.4) is 0 Å². The Balaban J connectivity index is 1.93. The molecule has 0 saturated heterocycles. The predicted octanol–water partition coefficient (Wildman–Crippen LogP) is 4.26. The normalized spacial score (nSPS) is 12.4. The summed E-state index contributed by atoms with van der Waals surface area (Å²) >= 11 is 8.60. The number of thioether (sulfide) groups is 1. The lowest BCUT2D eigenvalue weighted by molar-refractivity contribution is -0.136. The molecule has 2 heterocycles. The highest BCUT2D eigenvalue weighted by Gasteiger charge is 2.23. The summed E-state index contributed by atoms with van der Waals surface area (Å²) in [5.41, 5.74) is 1.43. The molecule has 106 valence electrons. The van der Waals surface area contributed by atoms with Gasteiger partial charge in [0.2, 0.25) is 0 Å². The summed E-state index contributed by atoms with van der Waals surface area (Å²) in [5, 5.41) is 9.30. The van der Waals surface area contributed by atoms with E-state index in [0.717, 1.165) is 10.2 Å². The predicted molar refractivity (Wildman–Crippen MR) is 85.1 cm³/mol. The number of pyridine rings is 1. The maximum atomic E-state index is 11.5. The number of nitrogens with zero attached hydrogens (tertiary/aromatic N) is 2. The second kappa shape index (κ2) is 6.01. The number of carboxylic acids is 1. The minimum atomic E-state index is -0.912. The molecule has 0 spiro atoms. The third-order valence-electron chi connectivity index (χ3n) is 2.76. The van der Waals surface area contributed by atoms with Crippen molar-refractivity contribution in [3.63, 3.8) is 0 Å². The van der Waals surface area contributed by atoms with E-state index in [4.69, 9.17) is 11.6 Å². The van der Waals surface area contributed by atoms with Crippen LogP contribution >= 0.6 is 34.7 Å². The summed E-state index contributed by atoms with van der Waals surface area (Å²) in [6.07, 6.45) is 3.18. The summed E-state index contributed by atoms with van der Waals surface area (Å²) in [5.74, 6) is -0.912. The van der Waals surface area contributed by atoms with Gasteiger partial charge in [-0.05, 0) is 29.8 Å². The number of hydrogen-bond donors (Lipinski definition) is 1. The first-order valence-electron chi connectivity index (χ1n) is 5.99. The topological polar surface area (TPSA) is 63.1 Å². The van der Waals surface area contributed by atoms with Gasteiger partial charge in [-0.1, -0.05) is 29.4 Å². The van der Waals surface area contributed by atoms with Crippen LogP contribution in [0.2, 0.25) is 5.02 Å². The molecule has 3 rings (SSSR count). The number of halogens is 1. The highest BCUT2D eigenvalue weighted by atomic mass is 35.5. The first-order valence-corrected chi connectivity index (χ1v) is 8.06. The number of aromatic nitrogens is 2. The van der Waals surface area contributed by atoms with Crippen molar-refractivity contribution in [3.05, 3.63) is 53.3 Å². The molecule has 0 amide bonds. The fourth-order valence-electron chi connectivity index (χ4n) is 1.82. The van der Waals surface area contributed by atoms with Crippen LogP contribution in [-0.2, 0) is 4.79 Å². The van der Waals surface area contributed by atoms with E-state index in [1.807, 2.05) is 6.07 Å². The molecule has 0 fully saturated rings. The van der Waals surface area contributed by atoms with Gasteiger partial charge in [0.05, 0.1) is 10.2 Å². The number of hydrogen-bond acceptors (Lipinski definition) is 5. The van der Waals surface area contributed by atoms with Gasteiger partial charge in [-0.15, -0.1) is 11.3 Å². The van der Waals surface area contributed by atoms with Crippen molar-refractivity contribution in [2.24, 2.45) is 0 Å². The maximum Gasteiger partial charge on any atom is 0.321 e. The Labute approximate surface area is 133 Å². The third-order valence-corrected chi connectivity index (χ3v) is 5.37. The molecule has 2 aromatic heterocycles. The maximum absolute atomic E-state index is 11.5. The molecule has 7 heteroatoms. The van der Waals surface area contributed by atoms with Gasteiger partial charge in [0.25, 0.3) is 0 Å². The molecule has 3 aromatic rings. The van der Waals surface area contributed by atoms with Crippen molar-refractivity contribution in [2.45, 2.75) is 9.59 Å². The fraction of sp³-hybridized carbons (Fsp3) is 0.0714. The fourth-order valence-corrected chi connectivity index (χ4v) is 4.15. The minimum Gasteiger partial charge on any atom is -0.480 e. The van der Waals surface area contributed by atoms with Crippen molar-refractivity contribution in [3.8, 4) is 0 Å². The smallest absolute Gasteiger partial charge is 0.321 e. The van der Waals surface area contributed by atoms with E-state index < -0.39 is 11.2 Å². The Morgan fingerprint density at radius 2 is 2.24 bits per heavy atom. The van der Waals surface area contributed by atoms with E-state index in [9.17, 15) is 9.90 Å². The van der Waals surface area contributed by atoms with Crippen molar-refractivity contribution >= 4 is 50.9 Å². The van der Waals surface area contributed by atoms with Crippen LogP contribution in [0.4, 0.5) is 0 Å². The van der Waals surface area contributed by atoms with Crippen LogP contribution in [0.25, 0.3) is 10.2 Å². The van der Waals surface area contributed by atoms with Gasteiger partial charge in [-0.25, -0.2) is 4.98 Å². The van der Waals surface area contributed by atoms with Crippen molar-refractivity contribution in [1.82, 2.24) is 9.97 Å². The Morgan fingerprint density at radius 3 is 2.95 bits per heavy atom. The van der Waals surface area contributed by atoms with Crippen molar-refractivity contribution < 1.29 is 9.90 Å². The lowest BCUT2D eigenvalue weighted by Gasteiger charge is -2.09. The van der Waals surface area contributed by atoms with E-state index >= 15 is 0 Å². The van der Waals surface area contributed by atoms with Crippen LogP contribution in [0.1, 0.15) is 10.8 Å². The number of benzene rings is 1. The molecule has 0 radical (unpaired) electrons. The summed E-state index contributed by atoms with van der Waals surface area (Å²) < 4.78 is 1.68. The molecule has 0 aliphatic carbocycles. The van der Waals surface area contributed by atoms with Crippen molar-refractivity contribution in [2.75, 3.05) is 0 Å².